The highest BCUT2D eigenvalue weighted by atomic mass is 16.6. The molecule has 0 bridgehead atoms. The lowest BCUT2D eigenvalue weighted by Gasteiger charge is -2.38. The Balaban J connectivity index is 1.94. The van der Waals surface area contributed by atoms with Gasteiger partial charge in [-0.25, -0.2) is 4.79 Å². The number of hydrogen-bond acceptors (Lipinski definition) is 5. The minimum Gasteiger partial charge on any atom is -0.450 e. The second-order valence-electron chi connectivity index (χ2n) is 4.73. The second kappa shape index (κ2) is 7.21. The third kappa shape index (κ3) is 3.46. The quantitative estimate of drug-likeness (QED) is 0.884. The molecule has 1 fully saturated rings. The van der Waals surface area contributed by atoms with Crippen molar-refractivity contribution in [2.45, 2.75) is 13.0 Å². The summed E-state index contributed by atoms with van der Waals surface area (Å²) in [7, 11) is 0. The molecular weight excluding hydrogens is 256 g/mol. The van der Waals surface area contributed by atoms with E-state index in [1.54, 1.807) is 11.1 Å². The number of carbonyl (C=O) groups is 1. The first-order valence-corrected chi connectivity index (χ1v) is 7.03. The smallest absolute Gasteiger partial charge is 0.409 e. The van der Waals surface area contributed by atoms with Crippen molar-refractivity contribution in [1.29, 1.82) is 0 Å². The predicted octanol–water partition coefficient (Wildman–Crippen LogP) is 0.855. The van der Waals surface area contributed by atoms with E-state index in [-0.39, 0.29) is 12.1 Å². The van der Waals surface area contributed by atoms with Gasteiger partial charge in [-0.2, -0.15) is 0 Å². The van der Waals surface area contributed by atoms with E-state index in [2.05, 4.69) is 9.88 Å². The van der Waals surface area contributed by atoms with E-state index in [0.29, 0.717) is 26.2 Å². The molecule has 20 heavy (non-hydrogen) atoms. The molecule has 1 amide bonds. The van der Waals surface area contributed by atoms with Gasteiger partial charge in [-0.3, -0.25) is 9.88 Å². The van der Waals surface area contributed by atoms with Crippen LogP contribution in [0.3, 0.4) is 0 Å². The molecule has 0 spiro atoms. The van der Waals surface area contributed by atoms with E-state index in [9.17, 15) is 4.79 Å². The van der Waals surface area contributed by atoms with Gasteiger partial charge < -0.3 is 15.4 Å². The number of ether oxygens (including phenoxy) is 1. The van der Waals surface area contributed by atoms with Gasteiger partial charge in [0.05, 0.1) is 18.3 Å². The molecule has 0 radical (unpaired) electrons. The van der Waals surface area contributed by atoms with Crippen molar-refractivity contribution >= 4 is 6.09 Å². The van der Waals surface area contributed by atoms with Crippen LogP contribution in [0.25, 0.3) is 0 Å². The summed E-state index contributed by atoms with van der Waals surface area (Å²) in [5.74, 6) is 0. The van der Waals surface area contributed by atoms with Crippen LogP contribution in [-0.4, -0.2) is 60.2 Å². The zero-order valence-electron chi connectivity index (χ0n) is 11.9. The first-order valence-electron chi connectivity index (χ1n) is 7.03. The molecular formula is C14H22N4O2. The Bertz CT molecular complexity index is 418. The molecule has 0 aromatic carbocycles. The molecule has 1 atom stereocenters. The van der Waals surface area contributed by atoms with Gasteiger partial charge in [-0.1, -0.05) is 6.07 Å². The van der Waals surface area contributed by atoms with Crippen LogP contribution in [0.5, 0.6) is 0 Å². The van der Waals surface area contributed by atoms with Gasteiger partial charge in [-0.15, -0.1) is 0 Å². The first kappa shape index (κ1) is 14.7. The van der Waals surface area contributed by atoms with Crippen molar-refractivity contribution in [2.75, 3.05) is 39.3 Å². The molecule has 2 heterocycles. The van der Waals surface area contributed by atoms with Crippen molar-refractivity contribution in [3.63, 3.8) is 0 Å². The van der Waals surface area contributed by atoms with Gasteiger partial charge in [0.1, 0.15) is 0 Å². The lowest BCUT2D eigenvalue weighted by Crippen LogP contribution is -2.51. The Morgan fingerprint density at radius 2 is 2.15 bits per heavy atom. The minimum absolute atomic E-state index is 0.112. The van der Waals surface area contributed by atoms with Gasteiger partial charge in [0.25, 0.3) is 0 Å². The molecule has 2 N–H and O–H groups in total. The van der Waals surface area contributed by atoms with Gasteiger partial charge in [-0.05, 0) is 19.1 Å². The molecule has 6 heteroatoms. The molecule has 1 unspecified atom stereocenters. The van der Waals surface area contributed by atoms with E-state index in [4.69, 9.17) is 10.5 Å². The van der Waals surface area contributed by atoms with E-state index >= 15 is 0 Å². The number of nitrogens with zero attached hydrogens (tertiary/aromatic N) is 3. The third-order valence-corrected chi connectivity index (χ3v) is 3.53. The average Bonchev–Trinajstić information content (AvgIpc) is 2.50. The molecule has 1 aliphatic heterocycles. The van der Waals surface area contributed by atoms with Crippen molar-refractivity contribution in [1.82, 2.24) is 14.8 Å². The molecule has 1 aliphatic rings. The largest absolute Gasteiger partial charge is 0.450 e. The third-order valence-electron chi connectivity index (χ3n) is 3.53. The summed E-state index contributed by atoms with van der Waals surface area (Å²) < 4.78 is 5.02. The maximum atomic E-state index is 11.7. The predicted molar refractivity (Wildman–Crippen MR) is 76.2 cm³/mol. The van der Waals surface area contributed by atoms with Crippen LogP contribution in [0.4, 0.5) is 4.79 Å². The Morgan fingerprint density at radius 1 is 1.40 bits per heavy atom. The SMILES string of the molecule is CCOC(=O)N1CCN(C(CN)c2ccccn2)CC1. The molecule has 1 saturated heterocycles. The highest BCUT2D eigenvalue weighted by Crippen LogP contribution is 2.19. The highest BCUT2D eigenvalue weighted by Gasteiger charge is 2.27. The van der Waals surface area contributed by atoms with Crippen LogP contribution in [0, 0.1) is 0 Å². The number of aromatic nitrogens is 1. The van der Waals surface area contributed by atoms with Crippen molar-refractivity contribution in [2.24, 2.45) is 5.73 Å². The van der Waals surface area contributed by atoms with Gasteiger partial charge in [0.15, 0.2) is 0 Å². The van der Waals surface area contributed by atoms with E-state index in [1.165, 1.54) is 0 Å². The Morgan fingerprint density at radius 3 is 2.70 bits per heavy atom. The van der Waals surface area contributed by atoms with Gasteiger partial charge in [0.2, 0.25) is 0 Å². The summed E-state index contributed by atoms with van der Waals surface area (Å²) in [5.41, 5.74) is 6.88. The molecule has 6 nitrogen and oxygen atoms in total. The van der Waals surface area contributed by atoms with E-state index in [0.717, 1.165) is 18.8 Å². The Kier molecular flexibility index (Phi) is 5.31. The maximum absolute atomic E-state index is 11.7. The van der Waals surface area contributed by atoms with Crippen molar-refractivity contribution in [3.8, 4) is 0 Å². The zero-order chi connectivity index (χ0) is 14.4. The summed E-state index contributed by atoms with van der Waals surface area (Å²) in [5, 5.41) is 0. The standard InChI is InChI=1S/C14H22N4O2/c1-2-20-14(19)18-9-7-17(8-10-18)13(11-15)12-5-3-4-6-16-12/h3-6,13H,2,7-11,15H2,1H3. The highest BCUT2D eigenvalue weighted by molar-refractivity contribution is 5.67. The van der Waals surface area contributed by atoms with Gasteiger partial charge in [0, 0.05) is 38.9 Å². The maximum Gasteiger partial charge on any atom is 0.409 e. The number of hydrogen-bond donors (Lipinski definition) is 1. The number of amides is 1. The van der Waals surface area contributed by atoms with Gasteiger partial charge >= 0.3 is 6.09 Å². The molecule has 1 aromatic rings. The minimum atomic E-state index is -0.228. The zero-order valence-corrected chi connectivity index (χ0v) is 11.9. The number of rotatable bonds is 4. The summed E-state index contributed by atoms with van der Waals surface area (Å²) in [6.45, 7) is 5.67. The summed E-state index contributed by atoms with van der Waals surface area (Å²) in [4.78, 5) is 20.1. The summed E-state index contributed by atoms with van der Waals surface area (Å²) in [6.07, 6.45) is 1.56. The fraction of sp³-hybridized carbons (Fsp3) is 0.571. The lowest BCUT2D eigenvalue weighted by molar-refractivity contribution is 0.0664. The fourth-order valence-corrected chi connectivity index (χ4v) is 2.46. The van der Waals surface area contributed by atoms with Crippen molar-refractivity contribution in [3.05, 3.63) is 30.1 Å². The second-order valence-corrected chi connectivity index (χ2v) is 4.73. The summed E-state index contributed by atoms with van der Waals surface area (Å²) in [6, 6.07) is 5.98. The van der Waals surface area contributed by atoms with Crippen LogP contribution in [0.15, 0.2) is 24.4 Å². The fourth-order valence-electron chi connectivity index (χ4n) is 2.46. The molecule has 0 aliphatic carbocycles. The monoisotopic (exact) mass is 278 g/mol. The molecule has 1 aromatic heterocycles. The van der Waals surface area contributed by atoms with Crippen LogP contribution in [0.2, 0.25) is 0 Å². The normalized spacial score (nSPS) is 17.8. The number of nitrogens with two attached hydrogens (primary N) is 1. The Hall–Kier alpha value is -1.66. The van der Waals surface area contributed by atoms with E-state index < -0.39 is 0 Å². The summed E-state index contributed by atoms with van der Waals surface area (Å²) >= 11 is 0. The van der Waals surface area contributed by atoms with Crippen LogP contribution < -0.4 is 5.73 Å². The molecule has 2 rings (SSSR count). The molecule has 0 saturated carbocycles. The number of pyridine rings is 1. The lowest BCUT2D eigenvalue weighted by atomic mass is 10.1. The number of carbonyl (C=O) groups excluding carboxylic acids is 1. The molecule has 110 valence electrons. The topological polar surface area (TPSA) is 71.7 Å². The Labute approximate surface area is 119 Å². The van der Waals surface area contributed by atoms with Crippen LogP contribution in [-0.2, 0) is 4.74 Å². The van der Waals surface area contributed by atoms with Crippen LogP contribution in [0.1, 0.15) is 18.7 Å². The van der Waals surface area contributed by atoms with E-state index in [1.807, 2.05) is 25.1 Å². The first-order chi connectivity index (χ1) is 9.76. The van der Waals surface area contributed by atoms with Crippen LogP contribution >= 0.6 is 0 Å². The average molecular weight is 278 g/mol. The van der Waals surface area contributed by atoms with Crippen molar-refractivity contribution < 1.29 is 9.53 Å². The number of piperazine rings is 1.